The van der Waals surface area contributed by atoms with Gasteiger partial charge in [0.05, 0.1) is 6.04 Å². The molecule has 122 valence electrons. The first-order valence-corrected chi connectivity index (χ1v) is 9.57. The first-order chi connectivity index (χ1) is 11.3. The van der Waals surface area contributed by atoms with Crippen LogP contribution in [0.3, 0.4) is 0 Å². The summed E-state index contributed by atoms with van der Waals surface area (Å²) < 4.78 is 0. The maximum atomic E-state index is 3.82. The second kappa shape index (κ2) is 8.00. The molecule has 1 N–H and O–H groups in total. The molecule has 2 aromatic carbocycles. The van der Waals surface area contributed by atoms with Gasteiger partial charge in [-0.15, -0.1) is 11.8 Å². The molecule has 0 fully saturated rings. The van der Waals surface area contributed by atoms with Crippen LogP contribution in [-0.4, -0.2) is 31.1 Å². The molecule has 1 heterocycles. The zero-order valence-electron chi connectivity index (χ0n) is 14.1. The smallest absolute Gasteiger partial charge is 0.0591 e. The molecular formula is C20H26N2S. The van der Waals surface area contributed by atoms with Gasteiger partial charge in [0.2, 0.25) is 0 Å². The molecule has 3 rings (SSSR count). The van der Waals surface area contributed by atoms with Crippen molar-refractivity contribution in [2.24, 2.45) is 0 Å². The highest BCUT2D eigenvalue weighted by Gasteiger charge is 2.23. The van der Waals surface area contributed by atoms with Gasteiger partial charge in [0.1, 0.15) is 0 Å². The molecule has 1 aliphatic heterocycles. The second-order valence-electron chi connectivity index (χ2n) is 5.94. The summed E-state index contributed by atoms with van der Waals surface area (Å²) in [6.07, 6.45) is 0. The van der Waals surface area contributed by atoms with E-state index in [9.17, 15) is 0 Å². The molecule has 0 amide bonds. The number of nitrogens with one attached hydrogen (secondary N) is 1. The van der Waals surface area contributed by atoms with Gasteiger partial charge in [0.15, 0.2) is 0 Å². The molecule has 0 spiro atoms. The molecule has 23 heavy (non-hydrogen) atoms. The lowest BCUT2D eigenvalue weighted by atomic mass is 9.95. The van der Waals surface area contributed by atoms with Crippen molar-refractivity contribution in [3.63, 3.8) is 0 Å². The molecular weight excluding hydrogens is 300 g/mol. The molecule has 2 nitrogen and oxygen atoms in total. The number of fused-ring (bicyclic) bond motifs is 2. The van der Waals surface area contributed by atoms with E-state index in [0.29, 0.717) is 6.04 Å². The first-order valence-electron chi connectivity index (χ1n) is 8.58. The minimum atomic E-state index is 0.299. The number of thioether (sulfide) groups is 1. The van der Waals surface area contributed by atoms with E-state index in [0.717, 1.165) is 31.9 Å². The van der Waals surface area contributed by atoms with Crippen LogP contribution < -0.4 is 5.32 Å². The average Bonchev–Trinajstić information content (AvgIpc) is 2.76. The molecule has 0 saturated carbocycles. The van der Waals surface area contributed by atoms with Crippen LogP contribution in [0.1, 0.15) is 36.6 Å². The summed E-state index contributed by atoms with van der Waals surface area (Å²) in [5.74, 6) is 1.06. The normalized spacial score (nSPS) is 16.7. The Morgan fingerprint density at radius 2 is 1.70 bits per heavy atom. The maximum absolute atomic E-state index is 3.82. The van der Waals surface area contributed by atoms with Crippen LogP contribution >= 0.6 is 11.8 Å². The Bertz CT molecular complexity index is 590. The summed E-state index contributed by atoms with van der Waals surface area (Å²) >= 11 is 1.95. The van der Waals surface area contributed by atoms with Crippen LogP contribution in [-0.2, 0) is 5.75 Å². The first kappa shape index (κ1) is 16.6. The number of rotatable bonds is 6. The van der Waals surface area contributed by atoms with E-state index in [-0.39, 0.29) is 0 Å². The van der Waals surface area contributed by atoms with Gasteiger partial charge < -0.3 is 10.2 Å². The van der Waals surface area contributed by atoms with E-state index in [4.69, 9.17) is 0 Å². The minimum absolute atomic E-state index is 0.299. The largest absolute Gasteiger partial charge is 0.305 e. The van der Waals surface area contributed by atoms with Crippen LogP contribution in [0, 0.1) is 0 Å². The van der Waals surface area contributed by atoms with Crippen LogP contribution in [0.25, 0.3) is 0 Å². The van der Waals surface area contributed by atoms with E-state index in [1.54, 1.807) is 0 Å². The van der Waals surface area contributed by atoms with Gasteiger partial charge >= 0.3 is 0 Å². The maximum Gasteiger partial charge on any atom is 0.0591 e. The Labute approximate surface area is 144 Å². The van der Waals surface area contributed by atoms with E-state index < -0.39 is 0 Å². The van der Waals surface area contributed by atoms with Crippen molar-refractivity contribution in [3.8, 4) is 0 Å². The van der Waals surface area contributed by atoms with Gasteiger partial charge in [-0.3, -0.25) is 0 Å². The lowest BCUT2D eigenvalue weighted by Crippen LogP contribution is -2.34. The van der Waals surface area contributed by atoms with E-state index >= 15 is 0 Å². The lowest BCUT2D eigenvalue weighted by Gasteiger charge is -2.24. The molecule has 3 heteroatoms. The SMILES string of the molecule is CCN(CC)CCNC1c2ccccc2CSc2ccccc21. The topological polar surface area (TPSA) is 15.3 Å². The van der Waals surface area contributed by atoms with Crippen LogP contribution in [0.4, 0.5) is 0 Å². The zero-order valence-corrected chi connectivity index (χ0v) is 14.9. The van der Waals surface area contributed by atoms with Crippen molar-refractivity contribution in [1.29, 1.82) is 0 Å². The van der Waals surface area contributed by atoms with Gasteiger partial charge in [0, 0.05) is 23.7 Å². The quantitative estimate of drug-likeness (QED) is 0.851. The molecule has 0 aliphatic carbocycles. The van der Waals surface area contributed by atoms with Crippen molar-refractivity contribution in [2.45, 2.75) is 30.5 Å². The molecule has 0 bridgehead atoms. The predicted molar refractivity (Wildman–Crippen MR) is 100 cm³/mol. The van der Waals surface area contributed by atoms with Crippen molar-refractivity contribution < 1.29 is 0 Å². The Kier molecular flexibility index (Phi) is 5.76. The molecule has 1 aliphatic rings. The van der Waals surface area contributed by atoms with Gasteiger partial charge in [-0.05, 0) is 35.8 Å². The third-order valence-electron chi connectivity index (χ3n) is 4.65. The highest BCUT2D eigenvalue weighted by molar-refractivity contribution is 7.98. The summed E-state index contributed by atoms with van der Waals surface area (Å²) in [4.78, 5) is 3.88. The second-order valence-corrected chi connectivity index (χ2v) is 6.96. The van der Waals surface area contributed by atoms with Gasteiger partial charge in [-0.2, -0.15) is 0 Å². The minimum Gasteiger partial charge on any atom is -0.305 e. The summed E-state index contributed by atoms with van der Waals surface area (Å²) in [5, 5.41) is 3.82. The number of hydrogen-bond acceptors (Lipinski definition) is 3. The fourth-order valence-electron chi connectivity index (χ4n) is 3.25. The van der Waals surface area contributed by atoms with Crippen LogP contribution in [0.5, 0.6) is 0 Å². The van der Waals surface area contributed by atoms with Crippen molar-refractivity contribution >= 4 is 11.8 Å². The monoisotopic (exact) mass is 326 g/mol. The number of benzene rings is 2. The third-order valence-corrected chi connectivity index (χ3v) is 5.79. The van der Waals surface area contributed by atoms with E-state index in [2.05, 4.69) is 72.6 Å². The summed E-state index contributed by atoms with van der Waals surface area (Å²) in [7, 11) is 0. The van der Waals surface area contributed by atoms with Gasteiger partial charge in [0.25, 0.3) is 0 Å². The molecule has 0 radical (unpaired) electrons. The highest BCUT2D eigenvalue weighted by atomic mass is 32.2. The number of likely N-dealkylation sites (N-methyl/N-ethyl adjacent to an activating group) is 1. The fraction of sp³-hybridized carbons (Fsp3) is 0.400. The molecule has 1 atom stereocenters. The standard InChI is InChI=1S/C20H26N2S/c1-3-22(4-2)14-13-21-20-17-10-6-5-9-16(17)15-23-19-12-8-7-11-18(19)20/h5-12,20-21H,3-4,13-15H2,1-2H3. The van der Waals surface area contributed by atoms with Gasteiger partial charge in [-0.1, -0.05) is 56.3 Å². The molecule has 0 saturated heterocycles. The Morgan fingerprint density at radius 3 is 2.48 bits per heavy atom. The van der Waals surface area contributed by atoms with Crippen LogP contribution in [0.2, 0.25) is 0 Å². The number of nitrogens with zero attached hydrogens (tertiary/aromatic N) is 1. The lowest BCUT2D eigenvalue weighted by molar-refractivity contribution is 0.299. The molecule has 0 aromatic heterocycles. The van der Waals surface area contributed by atoms with Crippen molar-refractivity contribution in [3.05, 3.63) is 65.2 Å². The van der Waals surface area contributed by atoms with Crippen molar-refractivity contribution in [1.82, 2.24) is 10.2 Å². The fourth-order valence-corrected chi connectivity index (χ4v) is 4.35. The predicted octanol–water partition coefficient (Wildman–Crippen LogP) is 4.31. The van der Waals surface area contributed by atoms with E-state index in [1.165, 1.54) is 21.6 Å². The van der Waals surface area contributed by atoms with E-state index in [1.807, 2.05) is 11.8 Å². The zero-order chi connectivity index (χ0) is 16.1. The summed E-state index contributed by atoms with van der Waals surface area (Å²) in [6.45, 7) is 8.81. The third kappa shape index (κ3) is 3.79. The summed E-state index contributed by atoms with van der Waals surface area (Å²) in [6, 6.07) is 18.0. The Hall–Kier alpha value is -1.29. The van der Waals surface area contributed by atoms with Gasteiger partial charge in [-0.25, -0.2) is 0 Å². The average molecular weight is 327 g/mol. The van der Waals surface area contributed by atoms with Crippen LogP contribution in [0.15, 0.2) is 53.4 Å². The molecule has 2 aromatic rings. The highest BCUT2D eigenvalue weighted by Crippen LogP contribution is 2.39. The Morgan fingerprint density at radius 1 is 1.00 bits per heavy atom. The molecule has 1 unspecified atom stereocenters. The Balaban J connectivity index is 1.85. The van der Waals surface area contributed by atoms with Crippen molar-refractivity contribution in [2.75, 3.05) is 26.2 Å². The number of hydrogen-bond donors (Lipinski definition) is 1. The summed E-state index contributed by atoms with van der Waals surface area (Å²) in [5.41, 5.74) is 4.31.